The number of allylic oxidation sites excluding steroid dienone is 1. The van der Waals surface area contributed by atoms with Crippen LogP contribution in [-0.4, -0.2) is 13.1 Å². The first-order valence-electron chi connectivity index (χ1n) is 5.29. The zero-order valence-electron chi connectivity index (χ0n) is 9.17. The lowest BCUT2D eigenvalue weighted by Crippen LogP contribution is -2.27. The molecule has 0 heterocycles. The minimum Gasteiger partial charge on any atom is -0.317 e. The van der Waals surface area contributed by atoms with Crippen molar-refractivity contribution >= 4 is 15.9 Å². The maximum absolute atomic E-state index is 3.75. The van der Waals surface area contributed by atoms with E-state index < -0.39 is 0 Å². The van der Waals surface area contributed by atoms with Crippen LogP contribution in [0.1, 0.15) is 18.4 Å². The van der Waals surface area contributed by atoms with Crippen LogP contribution in [0.4, 0.5) is 0 Å². The standard InChI is InChI=1S/C13H18BrN/c1-3-4-5-13(15-2)10-11-6-8-12(14)9-7-11/h3,6-9,13,15H,1,4-5,10H2,2H3. The van der Waals surface area contributed by atoms with Gasteiger partial charge in [0.05, 0.1) is 0 Å². The van der Waals surface area contributed by atoms with Crippen molar-refractivity contribution in [2.75, 3.05) is 7.05 Å². The minimum absolute atomic E-state index is 0.546. The lowest BCUT2D eigenvalue weighted by atomic mass is 10.0. The first kappa shape index (κ1) is 12.5. The van der Waals surface area contributed by atoms with Crippen LogP contribution in [0.2, 0.25) is 0 Å². The molecule has 1 atom stereocenters. The molecule has 0 saturated carbocycles. The summed E-state index contributed by atoms with van der Waals surface area (Å²) in [7, 11) is 2.02. The van der Waals surface area contributed by atoms with E-state index in [2.05, 4.69) is 52.1 Å². The molecule has 0 aromatic heterocycles. The fraction of sp³-hybridized carbons (Fsp3) is 0.385. The number of rotatable bonds is 6. The minimum atomic E-state index is 0.546. The molecule has 0 aliphatic heterocycles. The SMILES string of the molecule is C=CCCC(Cc1ccc(Br)cc1)NC. The summed E-state index contributed by atoms with van der Waals surface area (Å²) in [4.78, 5) is 0. The Kier molecular flexibility index (Phi) is 5.66. The van der Waals surface area contributed by atoms with Crippen LogP contribution in [-0.2, 0) is 6.42 Å². The van der Waals surface area contributed by atoms with E-state index in [1.165, 1.54) is 5.56 Å². The lowest BCUT2D eigenvalue weighted by molar-refractivity contribution is 0.525. The Morgan fingerprint density at radius 2 is 2.07 bits per heavy atom. The van der Waals surface area contributed by atoms with E-state index in [0.29, 0.717) is 6.04 Å². The molecule has 0 radical (unpaired) electrons. The smallest absolute Gasteiger partial charge is 0.0175 e. The molecule has 0 bridgehead atoms. The molecule has 0 saturated heterocycles. The Morgan fingerprint density at radius 1 is 1.40 bits per heavy atom. The maximum atomic E-state index is 3.75. The van der Waals surface area contributed by atoms with Crippen LogP contribution < -0.4 is 5.32 Å². The molecule has 1 aromatic rings. The van der Waals surface area contributed by atoms with Crippen LogP contribution in [0.5, 0.6) is 0 Å². The van der Waals surface area contributed by atoms with Gasteiger partial charge in [0.1, 0.15) is 0 Å². The molecule has 0 spiro atoms. The van der Waals surface area contributed by atoms with Crippen LogP contribution >= 0.6 is 15.9 Å². The number of likely N-dealkylation sites (N-methyl/N-ethyl adjacent to an activating group) is 1. The van der Waals surface area contributed by atoms with Crippen LogP contribution in [0.25, 0.3) is 0 Å². The highest BCUT2D eigenvalue weighted by atomic mass is 79.9. The summed E-state index contributed by atoms with van der Waals surface area (Å²) in [5, 5.41) is 3.34. The van der Waals surface area contributed by atoms with Gasteiger partial charge in [-0.2, -0.15) is 0 Å². The highest BCUT2D eigenvalue weighted by Gasteiger charge is 2.05. The molecule has 15 heavy (non-hydrogen) atoms. The van der Waals surface area contributed by atoms with E-state index in [4.69, 9.17) is 0 Å². The summed E-state index contributed by atoms with van der Waals surface area (Å²) in [5.74, 6) is 0. The van der Waals surface area contributed by atoms with Gasteiger partial charge >= 0.3 is 0 Å². The fourth-order valence-corrected chi connectivity index (χ4v) is 1.84. The average Bonchev–Trinajstić information content (AvgIpc) is 2.27. The Morgan fingerprint density at radius 3 is 2.60 bits per heavy atom. The molecule has 0 aliphatic carbocycles. The van der Waals surface area contributed by atoms with Crippen molar-refractivity contribution in [2.24, 2.45) is 0 Å². The van der Waals surface area contributed by atoms with E-state index >= 15 is 0 Å². The van der Waals surface area contributed by atoms with Gasteiger partial charge in [0.2, 0.25) is 0 Å². The molecule has 2 heteroatoms. The van der Waals surface area contributed by atoms with Gasteiger partial charge in [-0.05, 0) is 44.0 Å². The normalized spacial score (nSPS) is 12.4. The molecule has 1 unspecified atom stereocenters. The first-order chi connectivity index (χ1) is 7.26. The van der Waals surface area contributed by atoms with E-state index in [1.54, 1.807) is 0 Å². The Labute approximate surface area is 101 Å². The van der Waals surface area contributed by atoms with Gasteiger partial charge in [-0.15, -0.1) is 6.58 Å². The van der Waals surface area contributed by atoms with Gasteiger partial charge < -0.3 is 5.32 Å². The van der Waals surface area contributed by atoms with Gasteiger partial charge in [0.25, 0.3) is 0 Å². The predicted octanol–water partition coefficient (Wildman–Crippen LogP) is 3.55. The van der Waals surface area contributed by atoms with Gasteiger partial charge in [0, 0.05) is 10.5 Å². The van der Waals surface area contributed by atoms with E-state index in [-0.39, 0.29) is 0 Å². The molecule has 1 rings (SSSR count). The largest absolute Gasteiger partial charge is 0.317 e. The van der Waals surface area contributed by atoms with Crippen molar-refractivity contribution in [1.82, 2.24) is 5.32 Å². The van der Waals surface area contributed by atoms with Crippen molar-refractivity contribution in [3.05, 3.63) is 47.0 Å². The van der Waals surface area contributed by atoms with Crippen molar-refractivity contribution < 1.29 is 0 Å². The van der Waals surface area contributed by atoms with Crippen molar-refractivity contribution in [3.8, 4) is 0 Å². The van der Waals surface area contributed by atoms with E-state index in [0.717, 1.165) is 23.7 Å². The van der Waals surface area contributed by atoms with Crippen molar-refractivity contribution in [3.63, 3.8) is 0 Å². The zero-order valence-corrected chi connectivity index (χ0v) is 10.8. The number of hydrogen-bond donors (Lipinski definition) is 1. The van der Waals surface area contributed by atoms with Crippen molar-refractivity contribution in [1.29, 1.82) is 0 Å². The van der Waals surface area contributed by atoms with Gasteiger partial charge in [-0.1, -0.05) is 34.1 Å². The molecular formula is C13H18BrN. The van der Waals surface area contributed by atoms with Crippen LogP contribution in [0.3, 0.4) is 0 Å². The van der Waals surface area contributed by atoms with Crippen LogP contribution in [0, 0.1) is 0 Å². The number of benzene rings is 1. The zero-order chi connectivity index (χ0) is 11.1. The summed E-state index contributed by atoms with van der Waals surface area (Å²) < 4.78 is 1.14. The number of halogens is 1. The lowest BCUT2D eigenvalue weighted by Gasteiger charge is -2.15. The summed E-state index contributed by atoms with van der Waals surface area (Å²) in [6.07, 6.45) is 5.28. The highest BCUT2D eigenvalue weighted by molar-refractivity contribution is 9.10. The fourth-order valence-electron chi connectivity index (χ4n) is 1.57. The second kappa shape index (κ2) is 6.81. The molecule has 1 aromatic carbocycles. The second-order valence-electron chi connectivity index (χ2n) is 3.68. The third-order valence-corrected chi connectivity index (χ3v) is 3.05. The second-order valence-corrected chi connectivity index (χ2v) is 4.60. The topological polar surface area (TPSA) is 12.0 Å². The maximum Gasteiger partial charge on any atom is 0.0175 e. The van der Waals surface area contributed by atoms with Crippen molar-refractivity contribution in [2.45, 2.75) is 25.3 Å². The van der Waals surface area contributed by atoms with E-state index in [9.17, 15) is 0 Å². The molecular weight excluding hydrogens is 250 g/mol. The molecule has 0 aliphatic rings. The quantitative estimate of drug-likeness (QED) is 0.778. The number of hydrogen-bond acceptors (Lipinski definition) is 1. The molecule has 1 nitrogen and oxygen atoms in total. The summed E-state index contributed by atoms with van der Waals surface area (Å²) >= 11 is 3.44. The number of nitrogens with one attached hydrogen (secondary N) is 1. The monoisotopic (exact) mass is 267 g/mol. The third kappa shape index (κ3) is 4.63. The molecule has 0 fully saturated rings. The highest BCUT2D eigenvalue weighted by Crippen LogP contribution is 2.13. The summed E-state index contributed by atoms with van der Waals surface area (Å²) in [6.45, 7) is 3.75. The van der Waals surface area contributed by atoms with Gasteiger partial charge in [0.15, 0.2) is 0 Å². The van der Waals surface area contributed by atoms with Crippen LogP contribution in [0.15, 0.2) is 41.4 Å². The third-order valence-electron chi connectivity index (χ3n) is 2.52. The van der Waals surface area contributed by atoms with Gasteiger partial charge in [-0.25, -0.2) is 0 Å². The Hall–Kier alpha value is -0.600. The predicted molar refractivity (Wildman–Crippen MR) is 70.1 cm³/mol. The Bertz CT molecular complexity index is 292. The molecule has 1 N–H and O–H groups in total. The van der Waals surface area contributed by atoms with Gasteiger partial charge in [-0.3, -0.25) is 0 Å². The average molecular weight is 268 g/mol. The molecule has 0 amide bonds. The van der Waals surface area contributed by atoms with E-state index in [1.807, 2.05) is 13.1 Å². The Balaban J connectivity index is 2.50. The first-order valence-corrected chi connectivity index (χ1v) is 6.08. The summed E-state index contributed by atoms with van der Waals surface area (Å²) in [6, 6.07) is 9.07. The molecule has 82 valence electrons. The summed E-state index contributed by atoms with van der Waals surface area (Å²) in [5.41, 5.74) is 1.38.